The van der Waals surface area contributed by atoms with Crippen LogP contribution in [0.3, 0.4) is 0 Å². The van der Waals surface area contributed by atoms with Crippen molar-refractivity contribution < 1.29 is 13.9 Å². The highest BCUT2D eigenvalue weighted by Crippen LogP contribution is 2.27. The zero-order valence-electron chi connectivity index (χ0n) is 17.9. The van der Waals surface area contributed by atoms with Crippen LogP contribution in [-0.4, -0.2) is 57.2 Å². The van der Waals surface area contributed by atoms with Gasteiger partial charge in [0.05, 0.1) is 30.3 Å². The number of nitrogens with zero attached hydrogens (tertiary/aromatic N) is 5. The number of amides is 1. The molecule has 0 saturated carbocycles. The van der Waals surface area contributed by atoms with Gasteiger partial charge in [-0.25, -0.2) is 14.2 Å². The van der Waals surface area contributed by atoms with Gasteiger partial charge >= 0.3 is 6.09 Å². The molecule has 1 aliphatic rings. The van der Waals surface area contributed by atoms with Crippen LogP contribution in [0.25, 0.3) is 0 Å². The number of halogens is 1. The Hall–Kier alpha value is -2.92. The molecule has 7 nitrogen and oxygen atoms in total. The number of hydrogen-bond acceptors (Lipinski definition) is 5. The largest absolute Gasteiger partial charge is 0.444 e. The Labute approximate surface area is 176 Å². The summed E-state index contributed by atoms with van der Waals surface area (Å²) in [6.07, 6.45) is 3.07. The molecule has 1 saturated heterocycles. The summed E-state index contributed by atoms with van der Waals surface area (Å²) < 4.78 is 20.7. The van der Waals surface area contributed by atoms with Gasteiger partial charge in [-0.15, -0.1) is 0 Å². The van der Waals surface area contributed by atoms with Crippen LogP contribution in [0.4, 0.5) is 9.18 Å². The zero-order valence-corrected chi connectivity index (χ0v) is 17.9. The number of carbonyl (C=O) groups is 1. The molecule has 3 rings (SSSR count). The van der Waals surface area contributed by atoms with Gasteiger partial charge in [0.1, 0.15) is 17.5 Å². The normalized spacial score (nSPS) is 17.3. The lowest BCUT2D eigenvalue weighted by Crippen LogP contribution is -2.50. The Morgan fingerprint density at radius 3 is 2.40 bits per heavy atom. The van der Waals surface area contributed by atoms with E-state index in [1.807, 2.05) is 37.2 Å². The number of rotatable bonds is 4. The van der Waals surface area contributed by atoms with E-state index in [1.54, 1.807) is 29.6 Å². The van der Waals surface area contributed by atoms with Gasteiger partial charge in [-0.1, -0.05) is 12.1 Å². The molecule has 30 heavy (non-hydrogen) atoms. The minimum absolute atomic E-state index is 0.0954. The molecule has 0 bridgehead atoms. The molecular weight excluding hydrogens is 385 g/mol. The number of piperazine rings is 1. The van der Waals surface area contributed by atoms with Gasteiger partial charge in [0.2, 0.25) is 0 Å². The van der Waals surface area contributed by atoms with Crippen molar-refractivity contribution in [2.75, 3.05) is 26.2 Å². The van der Waals surface area contributed by atoms with E-state index in [9.17, 15) is 14.4 Å². The van der Waals surface area contributed by atoms with E-state index in [0.29, 0.717) is 26.2 Å². The summed E-state index contributed by atoms with van der Waals surface area (Å²) in [5.74, 6) is -0.283. The molecule has 0 spiro atoms. The Bertz CT molecular complexity index is 905. The molecular formula is C22H28FN5O2. The fourth-order valence-corrected chi connectivity index (χ4v) is 3.58. The topological polar surface area (TPSA) is 74.4 Å². The van der Waals surface area contributed by atoms with Crippen LogP contribution < -0.4 is 0 Å². The average Bonchev–Trinajstić information content (AvgIpc) is 3.17. The zero-order chi connectivity index (χ0) is 21.9. The van der Waals surface area contributed by atoms with Crippen LogP contribution in [0.5, 0.6) is 0 Å². The smallest absolute Gasteiger partial charge is 0.410 e. The number of hydrogen-bond donors (Lipinski definition) is 0. The number of benzene rings is 1. The molecule has 2 heterocycles. The first-order chi connectivity index (χ1) is 14.2. The van der Waals surface area contributed by atoms with Crippen LogP contribution in [0.1, 0.15) is 51.0 Å². The molecule has 1 aromatic carbocycles. The van der Waals surface area contributed by atoms with Gasteiger partial charge in [0, 0.05) is 26.2 Å². The van der Waals surface area contributed by atoms with Crippen molar-refractivity contribution in [2.45, 2.75) is 45.4 Å². The highest BCUT2D eigenvalue weighted by molar-refractivity contribution is 5.68. The van der Waals surface area contributed by atoms with Crippen molar-refractivity contribution in [3.63, 3.8) is 0 Å². The molecule has 2 aromatic rings. The predicted octanol–water partition coefficient (Wildman–Crippen LogP) is 3.75. The van der Waals surface area contributed by atoms with Gasteiger partial charge in [0.25, 0.3) is 0 Å². The summed E-state index contributed by atoms with van der Waals surface area (Å²) in [6.45, 7) is 9.64. The first-order valence-corrected chi connectivity index (χ1v) is 10.1. The SMILES string of the molecule is C[C@H](c1ccc(F)cc1)n1cncc1C(C#N)N1CCN(C(=O)OC(C)(C)C)CC1. The number of imidazole rings is 1. The van der Waals surface area contributed by atoms with Gasteiger partial charge in [-0.05, 0) is 45.4 Å². The third-order valence-electron chi connectivity index (χ3n) is 5.20. The third-order valence-corrected chi connectivity index (χ3v) is 5.20. The highest BCUT2D eigenvalue weighted by Gasteiger charge is 2.31. The quantitative estimate of drug-likeness (QED) is 0.763. The van der Waals surface area contributed by atoms with E-state index in [0.717, 1.165) is 11.3 Å². The van der Waals surface area contributed by atoms with Crippen molar-refractivity contribution in [3.8, 4) is 6.07 Å². The lowest BCUT2D eigenvalue weighted by Gasteiger charge is -2.37. The maximum absolute atomic E-state index is 13.3. The van der Waals surface area contributed by atoms with E-state index in [-0.39, 0.29) is 18.0 Å². The van der Waals surface area contributed by atoms with E-state index in [2.05, 4.69) is 11.1 Å². The lowest BCUT2D eigenvalue weighted by molar-refractivity contribution is 0.0122. The van der Waals surface area contributed by atoms with Crippen molar-refractivity contribution in [2.24, 2.45) is 0 Å². The van der Waals surface area contributed by atoms with Crippen LogP contribution >= 0.6 is 0 Å². The summed E-state index contributed by atoms with van der Waals surface area (Å²) in [7, 11) is 0. The molecule has 1 unspecified atom stereocenters. The minimum Gasteiger partial charge on any atom is -0.444 e. The molecule has 0 aliphatic carbocycles. The molecule has 1 amide bonds. The maximum atomic E-state index is 13.3. The fraction of sp³-hybridized carbons (Fsp3) is 0.500. The van der Waals surface area contributed by atoms with Crippen molar-refractivity contribution in [3.05, 3.63) is 53.9 Å². The number of ether oxygens (including phenoxy) is 1. The lowest BCUT2D eigenvalue weighted by atomic mass is 10.1. The molecule has 1 fully saturated rings. The van der Waals surface area contributed by atoms with Gasteiger partial charge < -0.3 is 14.2 Å². The Morgan fingerprint density at radius 2 is 1.83 bits per heavy atom. The second kappa shape index (κ2) is 8.84. The standard InChI is InChI=1S/C22H28FN5O2/c1-16(17-5-7-18(23)8-6-17)28-15-25-14-20(28)19(13-24)26-9-11-27(12-10-26)21(29)30-22(2,3)4/h5-8,14-16,19H,9-12H2,1-4H3/t16-,19?/m1/s1. The van der Waals surface area contributed by atoms with E-state index in [4.69, 9.17) is 4.74 Å². The number of aromatic nitrogens is 2. The minimum atomic E-state index is -0.535. The molecule has 1 aromatic heterocycles. The van der Waals surface area contributed by atoms with Gasteiger partial charge in [-0.2, -0.15) is 5.26 Å². The second-order valence-electron chi connectivity index (χ2n) is 8.49. The van der Waals surface area contributed by atoms with Crippen molar-refractivity contribution >= 4 is 6.09 Å². The average molecular weight is 413 g/mol. The monoisotopic (exact) mass is 413 g/mol. The second-order valence-corrected chi connectivity index (χ2v) is 8.49. The molecule has 0 N–H and O–H groups in total. The summed E-state index contributed by atoms with van der Waals surface area (Å²) in [5, 5.41) is 9.90. The first kappa shape index (κ1) is 21.8. The fourth-order valence-electron chi connectivity index (χ4n) is 3.58. The molecule has 2 atom stereocenters. The van der Waals surface area contributed by atoms with E-state index in [1.165, 1.54) is 12.1 Å². The van der Waals surface area contributed by atoms with Crippen molar-refractivity contribution in [1.29, 1.82) is 5.26 Å². The van der Waals surface area contributed by atoms with Crippen LogP contribution in [0, 0.1) is 17.1 Å². The Balaban J connectivity index is 1.71. The third kappa shape index (κ3) is 4.97. The predicted molar refractivity (Wildman–Crippen MR) is 110 cm³/mol. The summed E-state index contributed by atoms with van der Waals surface area (Å²) in [5.41, 5.74) is 1.17. The first-order valence-electron chi connectivity index (χ1n) is 10.1. The highest BCUT2D eigenvalue weighted by atomic mass is 19.1. The summed E-state index contributed by atoms with van der Waals surface area (Å²) >= 11 is 0. The molecule has 0 radical (unpaired) electrons. The van der Waals surface area contributed by atoms with Crippen molar-refractivity contribution in [1.82, 2.24) is 19.4 Å². The molecule has 8 heteroatoms. The summed E-state index contributed by atoms with van der Waals surface area (Å²) in [4.78, 5) is 20.3. The van der Waals surface area contributed by atoms with E-state index >= 15 is 0 Å². The Morgan fingerprint density at radius 1 is 1.20 bits per heavy atom. The van der Waals surface area contributed by atoms with Crippen LogP contribution in [0.15, 0.2) is 36.8 Å². The summed E-state index contributed by atoms with van der Waals surface area (Å²) in [6, 6.07) is 8.14. The number of nitriles is 1. The van der Waals surface area contributed by atoms with Gasteiger partial charge in [0.15, 0.2) is 0 Å². The maximum Gasteiger partial charge on any atom is 0.410 e. The van der Waals surface area contributed by atoms with Crippen LogP contribution in [-0.2, 0) is 4.74 Å². The Kier molecular flexibility index (Phi) is 6.42. The number of carbonyl (C=O) groups excluding carboxylic acids is 1. The van der Waals surface area contributed by atoms with Gasteiger partial charge in [-0.3, -0.25) is 4.90 Å². The van der Waals surface area contributed by atoms with E-state index < -0.39 is 11.6 Å². The molecule has 1 aliphatic heterocycles. The molecule has 160 valence electrons. The van der Waals surface area contributed by atoms with Crippen LogP contribution in [0.2, 0.25) is 0 Å².